The molecule has 0 saturated heterocycles. The first-order chi connectivity index (χ1) is 10.2. The lowest BCUT2D eigenvalue weighted by atomic mass is 9.82. The maximum Gasteiger partial charge on any atom is 0.229 e. The van der Waals surface area contributed by atoms with Crippen LogP contribution in [0.25, 0.3) is 0 Å². The van der Waals surface area contributed by atoms with E-state index in [1.54, 1.807) is 0 Å². The van der Waals surface area contributed by atoms with E-state index in [9.17, 15) is 0 Å². The average Bonchev–Trinajstić information content (AvgIpc) is 2.96. The highest BCUT2D eigenvalue weighted by Gasteiger charge is 2.25. The van der Waals surface area contributed by atoms with E-state index in [0.717, 1.165) is 37.5 Å². The molecule has 0 aliphatic heterocycles. The molecule has 1 aliphatic rings. The van der Waals surface area contributed by atoms with Crippen molar-refractivity contribution >= 4 is 0 Å². The monoisotopic (exact) mass is 285 g/mol. The molecule has 1 fully saturated rings. The standard InChI is InChI=1S/C17H23N3O/c1-12-3-2-4-14(9-12)10-16-19-17(21-20-16)15-7-5-13(11-18)6-8-15/h2-4,9,13,15H,5-8,10-11,18H2,1H3. The van der Waals surface area contributed by atoms with Crippen molar-refractivity contribution in [2.45, 2.75) is 44.9 Å². The number of benzene rings is 1. The van der Waals surface area contributed by atoms with Crippen LogP contribution in [-0.4, -0.2) is 16.7 Å². The Bertz CT molecular complexity index is 585. The van der Waals surface area contributed by atoms with E-state index in [4.69, 9.17) is 10.3 Å². The Morgan fingerprint density at radius 3 is 2.76 bits per heavy atom. The molecule has 112 valence electrons. The first kappa shape index (κ1) is 14.3. The Hall–Kier alpha value is -1.68. The Labute approximate surface area is 125 Å². The molecule has 1 aromatic carbocycles. The molecule has 4 nitrogen and oxygen atoms in total. The summed E-state index contributed by atoms with van der Waals surface area (Å²) in [4.78, 5) is 4.60. The van der Waals surface area contributed by atoms with Crippen molar-refractivity contribution in [1.82, 2.24) is 10.1 Å². The Morgan fingerprint density at radius 1 is 1.24 bits per heavy atom. The lowest BCUT2D eigenvalue weighted by Gasteiger charge is -2.24. The predicted octanol–water partition coefficient (Wildman–Crippen LogP) is 3.20. The lowest BCUT2D eigenvalue weighted by Crippen LogP contribution is -2.20. The third-order valence-corrected chi connectivity index (χ3v) is 4.46. The minimum atomic E-state index is 0.423. The van der Waals surface area contributed by atoms with Gasteiger partial charge in [0.15, 0.2) is 5.82 Å². The number of rotatable bonds is 4. The minimum absolute atomic E-state index is 0.423. The van der Waals surface area contributed by atoms with E-state index in [1.807, 2.05) is 0 Å². The van der Waals surface area contributed by atoms with Crippen molar-refractivity contribution in [2.24, 2.45) is 11.7 Å². The van der Waals surface area contributed by atoms with Crippen LogP contribution in [0.2, 0.25) is 0 Å². The summed E-state index contributed by atoms with van der Waals surface area (Å²) < 4.78 is 5.48. The molecule has 1 saturated carbocycles. The zero-order valence-electron chi connectivity index (χ0n) is 12.6. The average molecular weight is 285 g/mol. The number of aryl methyl sites for hydroxylation is 1. The van der Waals surface area contributed by atoms with E-state index in [-0.39, 0.29) is 0 Å². The molecule has 2 N–H and O–H groups in total. The molecule has 1 aromatic heterocycles. The zero-order valence-corrected chi connectivity index (χ0v) is 12.6. The van der Waals surface area contributed by atoms with Crippen LogP contribution in [0.4, 0.5) is 0 Å². The molecule has 0 radical (unpaired) electrons. The van der Waals surface area contributed by atoms with Gasteiger partial charge in [0.25, 0.3) is 0 Å². The molecule has 1 aliphatic carbocycles. The third kappa shape index (κ3) is 3.50. The minimum Gasteiger partial charge on any atom is -0.339 e. The van der Waals surface area contributed by atoms with Gasteiger partial charge in [-0.15, -0.1) is 0 Å². The van der Waals surface area contributed by atoms with Gasteiger partial charge in [-0.2, -0.15) is 4.98 Å². The molecule has 0 spiro atoms. The van der Waals surface area contributed by atoms with Gasteiger partial charge < -0.3 is 10.3 Å². The Kier molecular flexibility index (Phi) is 4.34. The van der Waals surface area contributed by atoms with Crippen molar-refractivity contribution in [3.63, 3.8) is 0 Å². The SMILES string of the molecule is Cc1cccc(Cc2noc(C3CCC(CN)CC3)n2)c1. The van der Waals surface area contributed by atoms with E-state index >= 15 is 0 Å². The van der Waals surface area contributed by atoms with Gasteiger partial charge in [-0.1, -0.05) is 35.0 Å². The number of nitrogens with zero attached hydrogens (tertiary/aromatic N) is 2. The quantitative estimate of drug-likeness (QED) is 0.937. The normalized spacial score (nSPS) is 22.4. The number of aromatic nitrogens is 2. The largest absolute Gasteiger partial charge is 0.339 e. The summed E-state index contributed by atoms with van der Waals surface area (Å²) in [6, 6.07) is 8.44. The van der Waals surface area contributed by atoms with Gasteiger partial charge >= 0.3 is 0 Å². The van der Waals surface area contributed by atoms with Gasteiger partial charge in [-0.3, -0.25) is 0 Å². The van der Waals surface area contributed by atoms with E-state index < -0.39 is 0 Å². The van der Waals surface area contributed by atoms with Crippen LogP contribution >= 0.6 is 0 Å². The van der Waals surface area contributed by atoms with Crippen LogP contribution in [0.5, 0.6) is 0 Å². The summed E-state index contributed by atoms with van der Waals surface area (Å²) in [7, 11) is 0. The third-order valence-electron chi connectivity index (χ3n) is 4.46. The van der Waals surface area contributed by atoms with Crippen LogP contribution in [0.1, 0.15) is 54.4 Å². The molecule has 0 bridgehead atoms. The highest BCUT2D eigenvalue weighted by Crippen LogP contribution is 2.34. The molecule has 21 heavy (non-hydrogen) atoms. The van der Waals surface area contributed by atoms with Crippen molar-refractivity contribution < 1.29 is 4.52 Å². The number of hydrogen-bond donors (Lipinski definition) is 1. The molecule has 4 heteroatoms. The summed E-state index contributed by atoms with van der Waals surface area (Å²) in [6.07, 6.45) is 5.33. The Morgan fingerprint density at radius 2 is 2.05 bits per heavy atom. The molecule has 0 atom stereocenters. The van der Waals surface area contributed by atoms with Gasteiger partial charge in [-0.25, -0.2) is 0 Å². The van der Waals surface area contributed by atoms with Gasteiger partial charge in [-0.05, 0) is 50.6 Å². The topological polar surface area (TPSA) is 64.9 Å². The second kappa shape index (κ2) is 6.39. The van der Waals surface area contributed by atoms with E-state index in [0.29, 0.717) is 11.8 Å². The van der Waals surface area contributed by atoms with Gasteiger partial charge in [0.2, 0.25) is 5.89 Å². The number of nitrogens with two attached hydrogens (primary N) is 1. The van der Waals surface area contributed by atoms with Crippen LogP contribution in [0, 0.1) is 12.8 Å². The first-order valence-electron chi connectivity index (χ1n) is 7.82. The van der Waals surface area contributed by atoms with Crippen LogP contribution in [0.3, 0.4) is 0 Å². The zero-order chi connectivity index (χ0) is 14.7. The van der Waals surface area contributed by atoms with Crippen molar-refractivity contribution in [2.75, 3.05) is 6.54 Å². The Balaban J connectivity index is 1.64. The van der Waals surface area contributed by atoms with Gasteiger partial charge in [0, 0.05) is 12.3 Å². The predicted molar refractivity (Wildman–Crippen MR) is 82.0 cm³/mol. The number of hydrogen-bond acceptors (Lipinski definition) is 4. The van der Waals surface area contributed by atoms with Crippen molar-refractivity contribution in [3.8, 4) is 0 Å². The molecular weight excluding hydrogens is 262 g/mol. The molecule has 1 heterocycles. The fourth-order valence-electron chi connectivity index (χ4n) is 3.15. The van der Waals surface area contributed by atoms with E-state index in [1.165, 1.54) is 24.0 Å². The van der Waals surface area contributed by atoms with Gasteiger partial charge in [0.05, 0.1) is 0 Å². The maximum absolute atomic E-state index is 5.74. The molecule has 0 unspecified atom stereocenters. The van der Waals surface area contributed by atoms with Crippen LogP contribution in [-0.2, 0) is 6.42 Å². The van der Waals surface area contributed by atoms with E-state index in [2.05, 4.69) is 41.3 Å². The van der Waals surface area contributed by atoms with Crippen LogP contribution in [0.15, 0.2) is 28.8 Å². The maximum atomic E-state index is 5.74. The van der Waals surface area contributed by atoms with Crippen molar-refractivity contribution in [1.29, 1.82) is 0 Å². The highest BCUT2D eigenvalue weighted by molar-refractivity contribution is 5.24. The molecule has 0 amide bonds. The second-order valence-corrected chi connectivity index (χ2v) is 6.17. The van der Waals surface area contributed by atoms with Crippen molar-refractivity contribution in [3.05, 3.63) is 47.1 Å². The fraction of sp³-hybridized carbons (Fsp3) is 0.529. The summed E-state index contributed by atoms with van der Waals surface area (Å²) in [6.45, 7) is 2.90. The molecule has 3 rings (SSSR count). The first-order valence-corrected chi connectivity index (χ1v) is 7.82. The smallest absolute Gasteiger partial charge is 0.229 e. The fourth-order valence-corrected chi connectivity index (χ4v) is 3.15. The summed E-state index contributed by atoms with van der Waals surface area (Å²) >= 11 is 0. The van der Waals surface area contributed by atoms with Gasteiger partial charge in [0.1, 0.15) is 0 Å². The van der Waals surface area contributed by atoms with Crippen LogP contribution < -0.4 is 5.73 Å². The summed E-state index contributed by atoms with van der Waals surface area (Å²) in [5, 5.41) is 4.14. The molecular formula is C17H23N3O. The summed E-state index contributed by atoms with van der Waals surface area (Å²) in [5.74, 6) is 2.70. The lowest BCUT2D eigenvalue weighted by molar-refractivity contribution is 0.274. The second-order valence-electron chi connectivity index (χ2n) is 6.17. The highest BCUT2D eigenvalue weighted by atomic mass is 16.5. The summed E-state index contributed by atoms with van der Waals surface area (Å²) in [5.41, 5.74) is 8.23. The molecule has 2 aromatic rings.